The topological polar surface area (TPSA) is 69.6 Å². The van der Waals surface area contributed by atoms with Crippen LogP contribution in [0, 0.1) is 5.92 Å². The van der Waals surface area contributed by atoms with Crippen LogP contribution in [0.3, 0.4) is 0 Å². The molecule has 0 bridgehead atoms. The molecule has 0 amide bonds. The van der Waals surface area contributed by atoms with Gasteiger partial charge in [0.05, 0.1) is 10.4 Å². The highest BCUT2D eigenvalue weighted by Crippen LogP contribution is 2.26. The van der Waals surface area contributed by atoms with Crippen molar-refractivity contribution in [2.45, 2.75) is 30.1 Å². The Kier molecular flexibility index (Phi) is 7.49. The second-order valence-electron chi connectivity index (χ2n) is 6.59. The molecule has 8 heteroatoms. The number of sulfonamides is 1. The number of nitrogens with one attached hydrogen (secondary N) is 1. The molecule has 0 spiro atoms. The van der Waals surface area contributed by atoms with Gasteiger partial charge in [0.25, 0.3) is 0 Å². The van der Waals surface area contributed by atoms with E-state index in [1.807, 2.05) is 50.2 Å². The van der Waals surface area contributed by atoms with E-state index in [2.05, 4.69) is 4.72 Å². The Morgan fingerprint density at radius 2 is 1.81 bits per heavy atom. The number of halogens is 1. The summed E-state index contributed by atoms with van der Waals surface area (Å²) < 4.78 is 27.6. The summed E-state index contributed by atoms with van der Waals surface area (Å²) in [5, 5.41) is 10.3. The number of anilines is 1. The van der Waals surface area contributed by atoms with Gasteiger partial charge >= 0.3 is 0 Å². The Hall–Kier alpha value is -1.12. The second-order valence-corrected chi connectivity index (χ2v) is 10.3. The van der Waals surface area contributed by atoms with Gasteiger partial charge in [0.2, 0.25) is 10.0 Å². The molecule has 26 heavy (non-hydrogen) atoms. The minimum absolute atomic E-state index is 0.107. The molecule has 144 valence electrons. The number of rotatable bonds is 9. The van der Waals surface area contributed by atoms with E-state index in [9.17, 15) is 13.5 Å². The second kappa shape index (κ2) is 9.19. The summed E-state index contributed by atoms with van der Waals surface area (Å²) in [6.07, 6.45) is 0.737. The molecular formula is C18H25ClN2O3S2. The first-order valence-electron chi connectivity index (χ1n) is 8.39. The third kappa shape index (κ3) is 5.96. The van der Waals surface area contributed by atoms with Crippen LogP contribution >= 0.6 is 22.9 Å². The lowest BCUT2D eigenvalue weighted by molar-refractivity contribution is 0.158. The van der Waals surface area contributed by atoms with E-state index in [-0.39, 0.29) is 10.1 Å². The van der Waals surface area contributed by atoms with E-state index in [0.29, 0.717) is 23.7 Å². The Bertz CT molecular complexity index is 804. The predicted octanol–water partition coefficient (Wildman–Crippen LogP) is 3.90. The molecule has 5 nitrogen and oxygen atoms in total. The third-order valence-electron chi connectivity index (χ3n) is 4.16. The van der Waals surface area contributed by atoms with Gasteiger partial charge < -0.3 is 10.0 Å². The molecule has 1 unspecified atom stereocenters. The number of hydrogen-bond donors (Lipinski definition) is 2. The number of thiophene rings is 1. The maximum atomic E-state index is 12.2. The fraction of sp³-hybridized carbons (Fsp3) is 0.444. The first-order valence-corrected chi connectivity index (χ1v) is 11.1. The van der Waals surface area contributed by atoms with Gasteiger partial charge in [0, 0.05) is 26.3 Å². The summed E-state index contributed by atoms with van der Waals surface area (Å²) in [6.45, 7) is 2.29. The van der Waals surface area contributed by atoms with Crippen LogP contribution in [0.5, 0.6) is 0 Å². The number of hydrogen-bond acceptors (Lipinski definition) is 5. The van der Waals surface area contributed by atoms with Gasteiger partial charge in [-0.1, -0.05) is 30.7 Å². The fourth-order valence-corrected chi connectivity index (χ4v) is 5.16. The lowest BCUT2D eigenvalue weighted by atomic mass is 9.99. The molecule has 0 radical (unpaired) electrons. The van der Waals surface area contributed by atoms with Crippen molar-refractivity contribution in [3.05, 3.63) is 46.3 Å². The van der Waals surface area contributed by atoms with E-state index in [0.717, 1.165) is 22.6 Å². The molecule has 1 aromatic carbocycles. The third-order valence-corrected chi connectivity index (χ3v) is 7.31. The van der Waals surface area contributed by atoms with Gasteiger partial charge in [-0.15, -0.1) is 11.3 Å². The van der Waals surface area contributed by atoms with E-state index in [1.54, 1.807) is 6.07 Å². The highest BCUT2D eigenvalue weighted by atomic mass is 35.5. The molecule has 0 saturated carbocycles. The summed E-state index contributed by atoms with van der Waals surface area (Å²) >= 11 is 6.83. The van der Waals surface area contributed by atoms with E-state index in [4.69, 9.17) is 11.6 Å². The average Bonchev–Trinajstić information content (AvgIpc) is 3.05. The van der Waals surface area contributed by atoms with Gasteiger partial charge in [-0.25, -0.2) is 13.1 Å². The number of aliphatic hydroxyl groups is 1. The summed E-state index contributed by atoms with van der Waals surface area (Å²) in [7, 11) is 0.420. The van der Waals surface area contributed by atoms with Gasteiger partial charge in [-0.3, -0.25) is 0 Å². The first kappa shape index (κ1) is 21.2. The Balaban J connectivity index is 1.81. The van der Waals surface area contributed by atoms with Crippen LogP contribution in [0.2, 0.25) is 4.34 Å². The van der Waals surface area contributed by atoms with Crippen molar-refractivity contribution in [2.75, 3.05) is 25.5 Å². The van der Waals surface area contributed by atoms with Crippen LogP contribution in [-0.4, -0.2) is 34.2 Å². The van der Waals surface area contributed by atoms with Crippen molar-refractivity contribution in [3.63, 3.8) is 0 Å². The fourth-order valence-electron chi connectivity index (χ4n) is 2.47. The molecule has 2 rings (SSSR count). The van der Waals surface area contributed by atoms with Crippen LogP contribution in [0.25, 0.3) is 0 Å². The monoisotopic (exact) mass is 416 g/mol. The van der Waals surface area contributed by atoms with Gasteiger partial charge in [-0.05, 0) is 48.6 Å². The van der Waals surface area contributed by atoms with Crippen molar-refractivity contribution in [3.8, 4) is 0 Å². The molecule has 0 fully saturated rings. The number of nitrogens with zero attached hydrogens (tertiary/aromatic N) is 1. The molecular weight excluding hydrogens is 392 g/mol. The molecule has 0 aliphatic heterocycles. The van der Waals surface area contributed by atoms with Crippen molar-refractivity contribution >= 4 is 38.6 Å². The normalized spacial score (nSPS) is 14.2. The van der Waals surface area contributed by atoms with Crippen LogP contribution < -0.4 is 9.62 Å². The smallest absolute Gasteiger partial charge is 0.250 e. The molecule has 2 aromatic rings. The summed E-state index contributed by atoms with van der Waals surface area (Å²) in [6, 6.07) is 10.9. The summed E-state index contributed by atoms with van der Waals surface area (Å²) in [5.74, 6) is 0.107. The van der Waals surface area contributed by atoms with Gasteiger partial charge in [0.1, 0.15) is 4.21 Å². The standard InChI is InChI=1S/C18H25ClN2O3S2/c1-13(12-20-26(23,24)18-11-10-17(19)25-18)4-9-16(22)14-5-7-15(8-6-14)21(2)3/h5-8,10-11,13,16,20,22H,4,9,12H2,1-3H3/t13-,16?/m0/s1. The first-order chi connectivity index (χ1) is 12.2. The summed E-state index contributed by atoms with van der Waals surface area (Å²) in [5.41, 5.74) is 1.95. The van der Waals surface area contributed by atoms with E-state index >= 15 is 0 Å². The van der Waals surface area contributed by atoms with Gasteiger partial charge in [0.15, 0.2) is 0 Å². The lowest BCUT2D eigenvalue weighted by Gasteiger charge is -2.17. The molecule has 0 aliphatic rings. The largest absolute Gasteiger partial charge is 0.388 e. The minimum atomic E-state index is -3.52. The zero-order chi connectivity index (χ0) is 19.3. The zero-order valence-electron chi connectivity index (χ0n) is 15.1. The average molecular weight is 417 g/mol. The van der Waals surface area contributed by atoms with Crippen molar-refractivity contribution in [2.24, 2.45) is 5.92 Å². The molecule has 0 saturated heterocycles. The van der Waals surface area contributed by atoms with E-state index in [1.165, 1.54) is 6.07 Å². The van der Waals surface area contributed by atoms with Crippen molar-refractivity contribution in [1.29, 1.82) is 0 Å². The van der Waals surface area contributed by atoms with Crippen LogP contribution in [0.1, 0.15) is 31.4 Å². The lowest BCUT2D eigenvalue weighted by Crippen LogP contribution is -2.28. The van der Waals surface area contributed by atoms with Crippen molar-refractivity contribution < 1.29 is 13.5 Å². The maximum absolute atomic E-state index is 12.2. The van der Waals surface area contributed by atoms with Crippen molar-refractivity contribution in [1.82, 2.24) is 4.72 Å². The number of benzene rings is 1. The van der Waals surface area contributed by atoms with Crippen LogP contribution in [0.15, 0.2) is 40.6 Å². The Labute approximate surface area is 164 Å². The summed E-state index contributed by atoms with van der Waals surface area (Å²) in [4.78, 5) is 2.01. The molecule has 1 heterocycles. The SMILES string of the molecule is C[C@@H](CCC(O)c1ccc(N(C)C)cc1)CNS(=O)(=O)c1ccc(Cl)s1. The highest BCUT2D eigenvalue weighted by molar-refractivity contribution is 7.91. The quantitative estimate of drug-likeness (QED) is 0.650. The zero-order valence-corrected chi connectivity index (χ0v) is 17.5. The molecule has 2 atom stereocenters. The number of aliphatic hydroxyl groups excluding tert-OH is 1. The van der Waals surface area contributed by atoms with E-state index < -0.39 is 16.1 Å². The molecule has 1 aromatic heterocycles. The van der Waals surface area contributed by atoms with Crippen LogP contribution in [0.4, 0.5) is 5.69 Å². The van der Waals surface area contributed by atoms with Gasteiger partial charge in [-0.2, -0.15) is 0 Å². The molecule has 0 aliphatic carbocycles. The van der Waals surface area contributed by atoms with Crippen LogP contribution in [-0.2, 0) is 10.0 Å². The minimum Gasteiger partial charge on any atom is -0.388 e. The Morgan fingerprint density at radius 3 is 2.35 bits per heavy atom. The predicted molar refractivity (Wildman–Crippen MR) is 109 cm³/mol. The highest BCUT2D eigenvalue weighted by Gasteiger charge is 2.18. The Morgan fingerprint density at radius 1 is 1.15 bits per heavy atom. The maximum Gasteiger partial charge on any atom is 0.250 e. The molecule has 2 N–H and O–H groups in total.